The number of benzene rings is 2. The third kappa shape index (κ3) is 2.98. The van der Waals surface area contributed by atoms with Gasteiger partial charge in [-0.25, -0.2) is 19.3 Å². The van der Waals surface area contributed by atoms with E-state index < -0.39 is 0 Å². The van der Waals surface area contributed by atoms with E-state index in [4.69, 9.17) is 4.98 Å². The van der Waals surface area contributed by atoms with Crippen molar-refractivity contribution in [1.82, 2.24) is 15.0 Å². The van der Waals surface area contributed by atoms with Crippen LogP contribution < -0.4 is 0 Å². The zero-order valence-electron chi connectivity index (χ0n) is 13.8. The van der Waals surface area contributed by atoms with Crippen LogP contribution in [0.2, 0.25) is 0 Å². The first-order valence-electron chi connectivity index (χ1n) is 8.21. The molecule has 0 unspecified atom stereocenters. The zero-order chi connectivity index (χ0) is 17.2. The summed E-state index contributed by atoms with van der Waals surface area (Å²) in [5.74, 6) is -0.260. The number of rotatable bonds is 3. The van der Waals surface area contributed by atoms with Crippen LogP contribution in [0.4, 0.5) is 4.39 Å². The lowest BCUT2D eigenvalue weighted by molar-refractivity contribution is 0.628. The van der Waals surface area contributed by atoms with Crippen molar-refractivity contribution in [3.8, 4) is 22.5 Å². The normalized spacial score (nSPS) is 11.0. The second-order valence-electron chi connectivity index (χ2n) is 5.84. The van der Waals surface area contributed by atoms with Gasteiger partial charge in [-0.2, -0.15) is 0 Å². The predicted molar refractivity (Wildman–Crippen MR) is 97.5 cm³/mol. The fourth-order valence-electron chi connectivity index (χ4n) is 2.83. The smallest absolute Gasteiger partial charge is 0.123 e. The molecule has 3 nitrogen and oxygen atoms in total. The largest absolute Gasteiger partial charge is 0.244 e. The first kappa shape index (κ1) is 15.4. The molecule has 2 aromatic heterocycles. The van der Waals surface area contributed by atoms with Gasteiger partial charge in [-0.15, -0.1) is 0 Å². The average Bonchev–Trinajstić information content (AvgIpc) is 2.68. The van der Waals surface area contributed by atoms with Crippen molar-refractivity contribution < 1.29 is 4.39 Å². The second kappa shape index (κ2) is 6.40. The molecule has 2 aromatic carbocycles. The Morgan fingerprint density at radius 2 is 1.52 bits per heavy atom. The summed E-state index contributed by atoms with van der Waals surface area (Å²) in [6, 6.07) is 18.5. The van der Waals surface area contributed by atoms with Gasteiger partial charge in [0.25, 0.3) is 0 Å². The Balaban J connectivity index is 1.86. The Kier molecular flexibility index (Phi) is 3.94. The van der Waals surface area contributed by atoms with E-state index in [0.717, 1.165) is 40.0 Å². The van der Waals surface area contributed by atoms with Gasteiger partial charge in [0.2, 0.25) is 0 Å². The molecular formula is C21H16FN3. The lowest BCUT2D eigenvalue weighted by atomic mass is 10.1. The lowest BCUT2D eigenvalue weighted by Crippen LogP contribution is -1.94. The molecule has 0 amide bonds. The molecular weight excluding hydrogens is 313 g/mol. The van der Waals surface area contributed by atoms with E-state index in [1.54, 1.807) is 18.5 Å². The van der Waals surface area contributed by atoms with Crippen LogP contribution in [0.5, 0.6) is 0 Å². The van der Waals surface area contributed by atoms with Crippen LogP contribution in [0.25, 0.3) is 33.5 Å². The van der Waals surface area contributed by atoms with Crippen molar-refractivity contribution >= 4 is 11.0 Å². The van der Waals surface area contributed by atoms with Crippen molar-refractivity contribution in [2.75, 3.05) is 0 Å². The van der Waals surface area contributed by atoms with E-state index in [0.29, 0.717) is 0 Å². The fraction of sp³-hybridized carbons (Fsp3) is 0.0952. The van der Waals surface area contributed by atoms with Crippen LogP contribution in [0.15, 0.2) is 67.0 Å². The Bertz CT molecular complexity index is 1030. The molecule has 0 fully saturated rings. The third-order valence-electron chi connectivity index (χ3n) is 4.26. The average molecular weight is 329 g/mol. The van der Waals surface area contributed by atoms with E-state index >= 15 is 0 Å². The summed E-state index contributed by atoms with van der Waals surface area (Å²) < 4.78 is 13.2. The summed E-state index contributed by atoms with van der Waals surface area (Å²) in [7, 11) is 0. The van der Waals surface area contributed by atoms with Gasteiger partial charge in [0.15, 0.2) is 0 Å². The van der Waals surface area contributed by atoms with Gasteiger partial charge in [-0.3, -0.25) is 0 Å². The van der Waals surface area contributed by atoms with Crippen molar-refractivity contribution in [3.05, 3.63) is 78.4 Å². The summed E-state index contributed by atoms with van der Waals surface area (Å²) in [6.07, 6.45) is 2.56. The van der Waals surface area contributed by atoms with Crippen molar-refractivity contribution in [3.63, 3.8) is 0 Å². The van der Waals surface area contributed by atoms with Crippen LogP contribution in [0.3, 0.4) is 0 Å². The van der Waals surface area contributed by atoms with Crippen molar-refractivity contribution in [2.24, 2.45) is 0 Å². The molecule has 0 aliphatic carbocycles. The van der Waals surface area contributed by atoms with Crippen molar-refractivity contribution in [2.45, 2.75) is 13.3 Å². The lowest BCUT2D eigenvalue weighted by Gasteiger charge is -2.08. The topological polar surface area (TPSA) is 38.7 Å². The molecule has 0 saturated heterocycles. The van der Waals surface area contributed by atoms with E-state index in [1.165, 1.54) is 17.7 Å². The van der Waals surface area contributed by atoms with Crippen LogP contribution >= 0.6 is 0 Å². The van der Waals surface area contributed by atoms with Gasteiger partial charge in [0.1, 0.15) is 17.7 Å². The highest BCUT2D eigenvalue weighted by atomic mass is 19.1. The Morgan fingerprint density at radius 1 is 0.800 bits per heavy atom. The van der Waals surface area contributed by atoms with Gasteiger partial charge < -0.3 is 0 Å². The standard InChI is InChI=1S/C21H16FN3/c1-2-14-3-5-16(6-4-14)20-21-19(23-13-24-20)12-11-18(25-21)15-7-9-17(22)10-8-15/h3-13H,2H2,1H3. The maximum Gasteiger partial charge on any atom is 0.123 e. The minimum atomic E-state index is -0.260. The molecule has 0 saturated carbocycles. The first-order chi connectivity index (χ1) is 12.2. The highest BCUT2D eigenvalue weighted by Crippen LogP contribution is 2.27. The highest BCUT2D eigenvalue weighted by Gasteiger charge is 2.10. The molecule has 122 valence electrons. The van der Waals surface area contributed by atoms with E-state index in [1.807, 2.05) is 12.1 Å². The number of fused-ring (bicyclic) bond motifs is 1. The summed E-state index contributed by atoms with van der Waals surface area (Å²) in [6.45, 7) is 2.13. The third-order valence-corrected chi connectivity index (χ3v) is 4.26. The molecule has 0 aliphatic rings. The summed E-state index contributed by atoms with van der Waals surface area (Å²) in [5.41, 5.74) is 6.25. The van der Waals surface area contributed by atoms with E-state index in [9.17, 15) is 4.39 Å². The Morgan fingerprint density at radius 3 is 2.24 bits per heavy atom. The minimum absolute atomic E-state index is 0.260. The maximum atomic E-state index is 13.2. The number of aromatic nitrogens is 3. The number of nitrogens with zero attached hydrogens (tertiary/aromatic N) is 3. The second-order valence-corrected chi connectivity index (χ2v) is 5.84. The SMILES string of the molecule is CCc1ccc(-c2ncnc3ccc(-c4ccc(F)cc4)nc23)cc1. The van der Waals surface area contributed by atoms with Gasteiger partial charge in [-0.05, 0) is 48.4 Å². The number of aryl methyl sites for hydroxylation is 1. The number of hydrogen-bond acceptors (Lipinski definition) is 3. The van der Waals surface area contributed by atoms with Crippen molar-refractivity contribution in [1.29, 1.82) is 0 Å². The van der Waals surface area contributed by atoms with E-state index in [-0.39, 0.29) is 5.82 Å². The number of pyridine rings is 1. The summed E-state index contributed by atoms with van der Waals surface area (Å²) in [4.78, 5) is 13.5. The van der Waals surface area contributed by atoms with Gasteiger partial charge in [-0.1, -0.05) is 31.2 Å². The predicted octanol–water partition coefficient (Wildman–Crippen LogP) is 5.06. The zero-order valence-corrected chi connectivity index (χ0v) is 13.8. The molecule has 0 N–H and O–H groups in total. The molecule has 0 bridgehead atoms. The molecule has 4 heteroatoms. The fourth-order valence-corrected chi connectivity index (χ4v) is 2.83. The highest BCUT2D eigenvalue weighted by molar-refractivity contribution is 5.90. The van der Waals surface area contributed by atoms with Crippen LogP contribution in [0, 0.1) is 5.82 Å². The summed E-state index contributed by atoms with van der Waals surface area (Å²) in [5, 5.41) is 0. The molecule has 25 heavy (non-hydrogen) atoms. The van der Waals surface area contributed by atoms with Gasteiger partial charge in [0.05, 0.1) is 16.9 Å². The molecule has 4 aromatic rings. The molecule has 0 atom stereocenters. The molecule has 0 spiro atoms. The Labute approximate surface area is 145 Å². The van der Waals surface area contributed by atoms with Crippen LogP contribution in [-0.4, -0.2) is 15.0 Å². The van der Waals surface area contributed by atoms with Gasteiger partial charge >= 0.3 is 0 Å². The Hall–Kier alpha value is -3.14. The van der Waals surface area contributed by atoms with Crippen LogP contribution in [-0.2, 0) is 6.42 Å². The summed E-state index contributed by atoms with van der Waals surface area (Å²) >= 11 is 0. The van der Waals surface area contributed by atoms with Gasteiger partial charge in [0, 0.05) is 11.1 Å². The quantitative estimate of drug-likeness (QED) is 0.527. The number of halogens is 1. The minimum Gasteiger partial charge on any atom is -0.244 e. The monoisotopic (exact) mass is 329 g/mol. The maximum absolute atomic E-state index is 13.2. The first-order valence-corrected chi connectivity index (χ1v) is 8.21. The van der Waals surface area contributed by atoms with Crippen LogP contribution in [0.1, 0.15) is 12.5 Å². The molecule has 0 radical (unpaired) electrons. The molecule has 2 heterocycles. The molecule has 4 rings (SSSR count). The number of hydrogen-bond donors (Lipinski definition) is 0. The molecule has 0 aliphatic heterocycles. The van der Waals surface area contributed by atoms with E-state index in [2.05, 4.69) is 41.2 Å².